The number of aliphatic hydroxyl groups is 1. The van der Waals surface area contributed by atoms with Crippen LogP contribution >= 0.6 is 0 Å². The second kappa shape index (κ2) is 4.94. The standard InChI is InChI=1S/C12H17NO2/c1-8-4-5-11(9(2)6-8)12(15)13-7-10(3)14/h4-6,10,14H,7H2,1-3H3,(H,13,15). The maximum atomic E-state index is 11.7. The molecule has 1 amide bonds. The zero-order valence-electron chi connectivity index (χ0n) is 9.37. The number of aliphatic hydroxyl groups excluding tert-OH is 1. The number of hydrogen-bond donors (Lipinski definition) is 2. The smallest absolute Gasteiger partial charge is 0.251 e. The van der Waals surface area contributed by atoms with Gasteiger partial charge in [0.15, 0.2) is 0 Å². The summed E-state index contributed by atoms with van der Waals surface area (Å²) in [5.74, 6) is -0.131. The van der Waals surface area contributed by atoms with Gasteiger partial charge in [-0.2, -0.15) is 0 Å². The zero-order chi connectivity index (χ0) is 11.4. The van der Waals surface area contributed by atoms with Crippen molar-refractivity contribution in [1.29, 1.82) is 0 Å². The minimum Gasteiger partial charge on any atom is -0.392 e. The number of rotatable bonds is 3. The molecule has 0 aliphatic heterocycles. The lowest BCUT2D eigenvalue weighted by atomic mass is 10.1. The molecule has 0 spiro atoms. The fraction of sp³-hybridized carbons (Fsp3) is 0.417. The molecule has 1 atom stereocenters. The van der Waals surface area contributed by atoms with Crippen molar-refractivity contribution < 1.29 is 9.90 Å². The first-order chi connectivity index (χ1) is 7.00. The molecule has 0 saturated carbocycles. The molecule has 0 bridgehead atoms. The van der Waals surface area contributed by atoms with E-state index >= 15 is 0 Å². The minimum atomic E-state index is -0.514. The lowest BCUT2D eigenvalue weighted by molar-refractivity contribution is 0.0923. The lowest BCUT2D eigenvalue weighted by Gasteiger charge is -2.09. The van der Waals surface area contributed by atoms with Crippen molar-refractivity contribution in [3.8, 4) is 0 Å². The summed E-state index contributed by atoms with van der Waals surface area (Å²) in [5.41, 5.74) is 2.76. The lowest BCUT2D eigenvalue weighted by Crippen LogP contribution is -2.30. The Hall–Kier alpha value is -1.35. The van der Waals surface area contributed by atoms with E-state index < -0.39 is 6.10 Å². The van der Waals surface area contributed by atoms with Gasteiger partial charge in [-0.1, -0.05) is 17.7 Å². The molecule has 3 heteroatoms. The maximum Gasteiger partial charge on any atom is 0.251 e. The quantitative estimate of drug-likeness (QED) is 0.787. The molecule has 3 nitrogen and oxygen atoms in total. The summed E-state index contributed by atoms with van der Waals surface area (Å²) in [7, 11) is 0. The van der Waals surface area contributed by atoms with Crippen molar-refractivity contribution in [2.45, 2.75) is 26.9 Å². The molecule has 0 aromatic heterocycles. The third-order valence-corrected chi connectivity index (χ3v) is 2.18. The van der Waals surface area contributed by atoms with Gasteiger partial charge in [-0.3, -0.25) is 4.79 Å². The molecule has 0 aliphatic carbocycles. The fourth-order valence-electron chi connectivity index (χ4n) is 1.40. The second-order valence-corrected chi connectivity index (χ2v) is 3.88. The predicted molar refractivity (Wildman–Crippen MR) is 59.9 cm³/mol. The summed E-state index contributed by atoms with van der Waals surface area (Å²) in [4.78, 5) is 11.7. The summed E-state index contributed by atoms with van der Waals surface area (Å²) in [6.45, 7) is 5.82. The molecule has 1 rings (SSSR count). The number of amides is 1. The van der Waals surface area contributed by atoms with E-state index in [1.54, 1.807) is 6.92 Å². The Morgan fingerprint density at radius 3 is 2.67 bits per heavy atom. The number of carbonyl (C=O) groups is 1. The van der Waals surface area contributed by atoms with Crippen LogP contribution in [0, 0.1) is 13.8 Å². The predicted octanol–water partition coefficient (Wildman–Crippen LogP) is 1.41. The Balaban J connectivity index is 2.74. The second-order valence-electron chi connectivity index (χ2n) is 3.88. The van der Waals surface area contributed by atoms with Crippen molar-refractivity contribution in [2.75, 3.05) is 6.54 Å². The van der Waals surface area contributed by atoms with Crippen LogP contribution in [0.15, 0.2) is 18.2 Å². The van der Waals surface area contributed by atoms with Gasteiger partial charge in [-0.15, -0.1) is 0 Å². The van der Waals surface area contributed by atoms with E-state index in [2.05, 4.69) is 5.32 Å². The van der Waals surface area contributed by atoms with Gasteiger partial charge in [0, 0.05) is 12.1 Å². The first kappa shape index (κ1) is 11.7. The normalized spacial score (nSPS) is 12.3. The van der Waals surface area contributed by atoms with Crippen LogP contribution in [0.25, 0.3) is 0 Å². The average molecular weight is 207 g/mol. The highest BCUT2D eigenvalue weighted by molar-refractivity contribution is 5.95. The molecule has 1 aromatic carbocycles. The Morgan fingerprint density at radius 2 is 2.13 bits per heavy atom. The minimum absolute atomic E-state index is 0.131. The molecule has 0 saturated heterocycles. The van der Waals surface area contributed by atoms with Crippen LogP contribution in [0.3, 0.4) is 0 Å². The molecular formula is C12H17NO2. The Labute approximate surface area is 90.1 Å². The molecule has 1 unspecified atom stereocenters. The fourth-order valence-corrected chi connectivity index (χ4v) is 1.40. The highest BCUT2D eigenvalue weighted by Gasteiger charge is 2.08. The topological polar surface area (TPSA) is 49.3 Å². The van der Waals surface area contributed by atoms with Gasteiger partial charge in [0.1, 0.15) is 0 Å². The van der Waals surface area contributed by atoms with Crippen molar-refractivity contribution in [1.82, 2.24) is 5.32 Å². The summed E-state index contributed by atoms with van der Waals surface area (Å²) >= 11 is 0. The first-order valence-electron chi connectivity index (χ1n) is 5.04. The summed E-state index contributed by atoms with van der Waals surface area (Å²) < 4.78 is 0. The number of nitrogens with one attached hydrogen (secondary N) is 1. The molecule has 2 N–H and O–H groups in total. The van der Waals surface area contributed by atoms with Gasteiger partial charge in [0.05, 0.1) is 6.10 Å². The van der Waals surface area contributed by atoms with Crippen LogP contribution in [0.2, 0.25) is 0 Å². The van der Waals surface area contributed by atoms with E-state index in [9.17, 15) is 4.79 Å². The average Bonchev–Trinajstić information content (AvgIpc) is 2.14. The summed E-state index contributed by atoms with van der Waals surface area (Å²) in [6, 6.07) is 5.68. The van der Waals surface area contributed by atoms with Crippen LogP contribution < -0.4 is 5.32 Å². The van der Waals surface area contributed by atoms with Gasteiger partial charge in [-0.05, 0) is 32.4 Å². The van der Waals surface area contributed by atoms with E-state index in [0.29, 0.717) is 5.56 Å². The Morgan fingerprint density at radius 1 is 1.47 bits per heavy atom. The van der Waals surface area contributed by atoms with Crippen LogP contribution in [0.4, 0.5) is 0 Å². The molecule has 0 fully saturated rings. The van der Waals surface area contributed by atoms with Crippen LogP contribution in [-0.2, 0) is 0 Å². The van der Waals surface area contributed by atoms with Gasteiger partial charge in [-0.25, -0.2) is 0 Å². The Kier molecular flexibility index (Phi) is 3.86. The maximum absolute atomic E-state index is 11.7. The van der Waals surface area contributed by atoms with Crippen molar-refractivity contribution >= 4 is 5.91 Å². The van der Waals surface area contributed by atoms with Crippen molar-refractivity contribution in [3.05, 3.63) is 34.9 Å². The molecule has 0 radical (unpaired) electrons. The van der Waals surface area contributed by atoms with Crippen LogP contribution in [0.1, 0.15) is 28.4 Å². The van der Waals surface area contributed by atoms with Crippen LogP contribution in [0.5, 0.6) is 0 Å². The van der Waals surface area contributed by atoms with E-state index in [1.807, 2.05) is 32.0 Å². The van der Waals surface area contributed by atoms with E-state index in [4.69, 9.17) is 5.11 Å². The third-order valence-electron chi connectivity index (χ3n) is 2.18. The third kappa shape index (κ3) is 3.36. The van der Waals surface area contributed by atoms with Gasteiger partial charge in [0.2, 0.25) is 0 Å². The zero-order valence-corrected chi connectivity index (χ0v) is 9.37. The highest BCUT2D eigenvalue weighted by Crippen LogP contribution is 2.10. The largest absolute Gasteiger partial charge is 0.392 e. The van der Waals surface area contributed by atoms with E-state index in [0.717, 1.165) is 11.1 Å². The number of carbonyl (C=O) groups excluding carboxylic acids is 1. The number of aryl methyl sites for hydroxylation is 2. The van der Waals surface area contributed by atoms with Crippen molar-refractivity contribution in [3.63, 3.8) is 0 Å². The Bertz CT molecular complexity index is 359. The van der Waals surface area contributed by atoms with Gasteiger partial charge < -0.3 is 10.4 Å². The van der Waals surface area contributed by atoms with E-state index in [1.165, 1.54) is 0 Å². The molecular weight excluding hydrogens is 190 g/mol. The number of hydrogen-bond acceptors (Lipinski definition) is 2. The summed E-state index contributed by atoms with van der Waals surface area (Å²) in [5, 5.41) is 11.7. The van der Waals surface area contributed by atoms with E-state index in [-0.39, 0.29) is 12.5 Å². The first-order valence-corrected chi connectivity index (χ1v) is 5.04. The molecule has 1 aromatic rings. The van der Waals surface area contributed by atoms with Crippen molar-refractivity contribution in [2.24, 2.45) is 0 Å². The number of benzene rings is 1. The molecule has 15 heavy (non-hydrogen) atoms. The highest BCUT2D eigenvalue weighted by atomic mass is 16.3. The van der Waals surface area contributed by atoms with Gasteiger partial charge in [0.25, 0.3) is 5.91 Å². The molecule has 0 heterocycles. The van der Waals surface area contributed by atoms with Crippen LogP contribution in [-0.4, -0.2) is 23.7 Å². The monoisotopic (exact) mass is 207 g/mol. The molecule has 0 aliphatic rings. The van der Waals surface area contributed by atoms with Gasteiger partial charge >= 0.3 is 0 Å². The summed E-state index contributed by atoms with van der Waals surface area (Å²) in [6.07, 6.45) is -0.514. The molecule has 82 valence electrons. The SMILES string of the molecule is Cc1ccc(C(=O)NCC(C)O)c(C)c1.